The van der Waals surface area contributed by atoms with Crippen molar-refractivity contribution in [2.24, 2.45) is 0 Å². The van der Waals surface area contributed by atoms with Crippen LogP contribution in [0.4, 0.5) is 32.8 Å². The summed E-state index contributed by atoms with van der Waals surface area (Å²) in [6, 6.07) is 9.66. The standard InChI is InChI=1S/C19H13F5N4O3S/c20-15(21)17-27-28-18(32-17)26-16(30)10-4-6-13(7-5-10)31-9-14(29)25-12-3-1-2-11(8-12)19(22,23)24/h1-8,15H,9H2,(H,25,29)(H,26,28,30). The fraction of sp³-hybridized carbons (Fsp3) is 0.158. The summed E-state index contributed by atoms with van der Waals surface area (Å²) in [4.78, 5) is 24.1. The summed E-state index contributed by atoms with van der Waals surface area (Å²) in [6.07, 6.45) is -7.33. The Bertz CT molecular complexity index is 1100. The molecule has 0 atom stereocenters. The van der Waals surface area contributed by atoms with E-state index in [1.54, 1.807) is 0 Å². The van der Waals surface area contributed by atoms with E-state index in [2.05, 4.69) is 20.8 Å². The first-order valence-electron chi connectivity index (χ1n) is 8.74. The van der Waals surface area contributed by atoms with Crippen LogP contribution in [0.2, 0.25) is 0 Å². The maximum atomic E-state index is 12.7. The van der Waals surface area contributed by atoms with Gasteiger partial charge in [0.15, 0.2) is 11.6 Å². The lowest BCUT2D eigenvalue weighted by molar-refractivity contribution is -0.137. The van der Waals surface area contributed by atoms with Gasteiger partial charge in [0.25, 0.3) is 18.2 Å². The lowest BCUT2D eigenvalue weighted by atomic mass is 10.2. The highest BCUT2D eigenvalue weighted by Crippen LogP contribution is 2.30. The van der Waals surface area contributed by atoms with Gasteiger partial charge in [-0.15, -0.1) is 10.2 Å². The molecule has 0 aliphatic carbocycles. The van der Waals surface area contributed by atoms with Crippen LogP contribution in [0.3, 0.4) is 0 Å². The minimum absolute atomic E-state index is 0.0351. The van der Waals surface area contributed by atoms with Gasteiger partial charge in [-0.1, -0.05) is 17.4 Å². The molecule has 1 heterocycles. The fourth-order valence-corrected chi connectivity index (χ4v) is 2.96. The molecule has 0 aliphatic heterocycles. The van der Waals surface area contributed by atoms with Crippen LogP contribution in [-0.4, -0.2) is 28.6 Å². The van der Waals surface area contributed by atoms with Crippen LogP contribution in [0.1, 0.15) is 27.4 Å². The molecule has 7 nitrogen and oxygen atoms in total. The lowest BCUT2D eigenvalue weighted by Gasteiger charge is -2.10. The van der Waals surface area contributed by atoms with E-state index in [4.69, 9.17) is 4.74 Å². The third kappa shape index (κ3) is 6.20. The maximum Gasteiger partial charge on any atom is 0.416 e. The highest BCUT2D eigenvalue weighted by Gasteiger charge is 2.30. The van der Waals surface area contributed by atoms with Crippen molar-refractivity contribution < 1.29 is 36.3 Å². The second kappa shape index (κ2) is 9.68. The second-order valence-corrected chi connectivity index (χ2v) is 7.15. The molecule has 3 rings (SSSR count). The van der Waals surface area contributed by atoms with Gasteiger partial charge in [0.05, 0.1) is 5.56 Å². The normalized spacial score (nSPS) is 11.3. The summed E-state index contributed by atoms with van der Waals surface area (Å²) in [5, 5.41) is 10.7. The first kappa shape index (κ1) is 23.1. The summed E-state index contributed by atoms with van der Waals surface area (Å²) in [6.45, 7) is -0.483. The van der Waals surface area contributed by atoms with E-state index in [1.807, 2.05) is 0 Å². The highest BCUT2D eigenvalue weighted by atomic mass is 32.1. The van der Waals surface area contributed by atoms with Gasteiger partial charge in [0.2, 0.25) is 5.13 Å². The van der Waals surface area contributed by atoms with Gasteiger partial charge in [0.1, 0.15) is 5.75 Å². The molecule has 3 aromatic rings. The minimum Gasteiger partial charge on any atom is -0.484 e. The van der Waals surface area contributed by atoms with Crippen LogP contribution in [0.5, 0.6) is 5.75 Å². The monoisotopic (exact) mass is 472 g/mol. The first-order chi connectivity index (χ1) is 15.1. The molecule has 0 fully saturated rings. The van der Waals surface area contributed by atoms with Gasteiger partial charge in [-0.25, -0.2) is 8.78 Å². The third-order valence-corrected chi connectivity index (χ3v) is 4.65. The number of aromatic nitrogens is 2. The number of benzene rings is 2. The summed E-state index contributed by atoms with van der Waals surface area (Å²) in [7, 11) is 0. The Balaban J connectivity index is 1.52. The van der Waals surface area contributed by atoms with E-state index >= 15 is 0 Å². The number of hydrogen-bond acceptors (Lipinski definition) is 6. The molecule has 168 valence electrons. The summed E-state index contributed by atoms with van der Waals surface area (Å²) < 4.78 is 68.4. The van der Waals surface area contributed by atoms with Gasteiger partial charge >= 0.3 is 6.18 Å². The number of carbonyl (C=O) groups excluding carboxylic acids is 2. The molecule has 0 unspecified atom stereocenters. The van der Waals surface area contributed by atoms with E-state index in [0.29, 0.717) is 11.3 Å². The number of hydrogen-bond donors (Lipinski definition) is 2. The number of anilines is 2. The zero-order valence-corrected chi connectivity index (χ0v) is 16.6. The molecule has 0 aliphatic rings. The molecule has 2 aromatic carbocycles. The van der Waals surface area contributed by atoms with Crippen LogP contribution < -0.4 is 15.4 Å². The number of alkyl halides is 5. The first-order valence-corrected chi connectivity index (χ1v) is 9.56. The van der Waals surface area contributed by atoms with Crippen LogP contribution in [0.25, 0.3) is 0 Å². The molecule has 13 heteroatoms. The van der Waals surface area contributed by atoms with E-state index in [9.17, 15) is 31.5 Å². The summed E-state index contributed by atoms with van der Waals surface area (Å²) in [5.41, 5.74) is -0.768. The minimum atomic E-state index is -4.54. The van der Waals surface area contributed by atoms with Crippen LogP contribution in [0, 0.1) is 0 Å². The van der Waals surface area contributed by atoms with Crippen LogP contribution in [-0.2, 0) is 11.0 Å². The molecule has 0 saturated carbocycles. The quantitative estimate of drug-likeness (QED) is 0.484. The summed E-state index contributed by atoms with van der Waals surface area (Å²) >= 11 is 0.546. The fourth-order valence-electron chi connectivity index (χ4n) is 2.36. The Labute approximate surface area is 181 Å². The van der Waals surface area contributed by atoms with Crippen LogP contribution >= 0.6 is 11.3 Å². The largest absolute Gasteiger partial charge is 0.484 e. The van der Waals surface area contributed by atoms with Gasteiger partial charge in [-0.05, 0) is 42.5 Å². The molecule has 2 amide bonds. The molecule has 0 saturated heterocycles. The van der Waals surface area contributed by atoms with E-state index in [1.165, 1.54) is 36.4 Å². The Kier molecular flexibility index (Phi) is 6.98. The number of ether oxygens (including phenoxy) is 1. The molecule has 32 heavy (non-hydrogen) atoms. The smallest absolute Gasteiger partial charge is 0.416 e. The highest BCUT2D eigenvalue weighted by molar-refractivity contribution is 7.15. The number of amides is 2. The van der Waals surface area contributed by atoms with Crippen molar-refractivity contribution in [1.82, 2.24) is 10.2 Å². The van der Waals surface area contributed by atoms with Crippen molar-refractivity contribution >= 4 is 34.0 Å². The number of nitrogens with one attached hydrogen (secondary N) is 2. The molecule has 1 aromatic heterocycles. The molecule has 0 spiro atoms. The number of carbonyl (C=O) groups is 2. The lowest BCUT2D eigenvalue weighted by Crippen LogP contribution is -2.20. The SMILES string of the molecule is O=C(COc1ccc(C(=O)Nc2nnc(C(F)F)s2)cc1)Nc1cccc(C(F)(F)F)c1. The molecule has 2 N–H and O–H groups in total. The zero-order chi connectivity index (χ0) is 23.3. The van der Waals surface area contributed by atoms with Gasteiger partial charge < -0.3 is 10.1 Å². The molecule has 0 bridgehead atoms. The average molecular weight is 472 g/mol. The van der Waals surface area contributed by atoms with Crippen molar-refractivity contribution in [1.29, 1.82) is 0 Å². The number of rotatable bonds is 7. The molecule has 0 radical (unpaired) electrons. The zero-order valence-electron chi connectivity index (χ0n) is 15.8. The third-order valence-electron chi connectivity index (χ3n) is 3.81. The Morgan fingerprint density at radius 3 is 2.38 bits per heavy atom. The van der Waals surface area contributed by atoms with Crippen molar-refractivity contribution in [3.05, 3.63) is 64.7 Å². The number of halogens is 5. The predicted octanol–water partition coefficient (Wildman–Crippen LogP) is 4.76. The van der Waals surface area contributed by atoms with E-state index in [0.717, 1.165) is 12.1 Å². The van der Waals surface area contributed by atoms with E-state index in [-0.39, 0.29) is 22.1 Å². The summed E-state index contributed by atoms with van der Waals surface area (Å²) in [5.74, 6) is -1.08. The van der Waals surface area contributed by atoms with Crippen molar-refractivity contribution in [2.45, 2.75) is 12.6 Å². The Morgan fingerprint density at radius 1 is 1.03 bits per heavy atom. The van der Waals surface area contributed by atoms with E-state index < -0.39 is 41.6 Å². The van der Waals surface area contributed by atoms with Crippen molar-refractivity contribution in [3.63, 3.8) is 0 Å². The van der Waals surface area contributed by atoms with Gasteiger partial charge in [-0.3, -0.25) is 14.9 Å². The maximum absolute atomic E-state index is 12.7. The van der Waals surface area contributed by atoms with Crippen molar-refractivity contribution in [3.8, 4) is 5.75 Å². The molecular formula is C19H13F5N4O3S. The topological polar surface area (TPSA) is 93.2 Å². The van der Waals surface area contributed by atoms with Crippen LogP contribution in [0.15, 0.2) is 48.5 Å². The predicted molar refractivity (Wildman–Crippen MR) is 105 cm³/mol. The van der Waals surface area contributed by atoms with Crippen molar-refractivity contribution in [2.75, 3.05) is 17.2 Å². The second-order valence-electron chi connectivity index (χ2n) is 6.14. The Hall–Kier alpha value is -3.61. The number of nitrogens with zero attached hydrogens (tertiary/aromatic N) is 2. The van der Waals surface area contributed by atoms with Gasteiger partial charge in [-0.2, -0.15) is 13.2 Å². The average Bonchev–Trinajstić information content (AvgIpc) is 3.21. The van der Waals surface area contributed by atoms with Gasteiger partial charge in [0, 0.05) is 11.3 Å². The Morgan fingerprint density at radius 2 is 1.75 bits per heavy atom. The molecular weight excluding hydrogens is 459 g/mol.